The predicted molar refractivity (Wildman–Crippen MR) is 97.4 cm³/mol. The zero-order valence-corrected chi connectivity index (χ0v) is 17.5. The van der Waals surface area contributed by atoms with Crippen LogP contribution < -0.4 is 10.6 Å². The fourth-order valence-electron chi connectivity index (χ4n) is 1.77. The van der Waals surface area contributed by atoms with Crippen molar-refractivity contribution in [3.8, 4) is 0 Å². The van der Waals surface area contributed by atoms with Crippen LogP contribution in [-0.4, -0.2) is 57.3 Å². The summed E-state index contributed by atoms with van der Waals surface area (Å²) in [4.78, 5) is 23.6. The maximum absolute atomic E-state index is 11.9. The molecule has 154 valence electrons. The summed E-state index contributed by atoms with van der Waals surface area (Å²) in [5, 5.41) is 5.24. The minimum absolute atomic E-state index is 0.0915. The molecule has 0 heterocycles. The summed E-state index contributed by atoms with van der Waals surface area (Å²) in [6.45, 7) is 10.6. The van der Waals surface area contributed by atoms with Crippen LogP contribution >= 0.6 is 0 Å². The molecular formula is C16H32N2O7S. The first-order valence-corrected chi connectivity index (χ1v) is 10.2. The van der Waals surface area contributed by atoms with Crippen molar-refractivity contribution in [3.63, 3.8) is 0 Å². The summed E-state index contributed by atoms with van der Waals surface area (Å²) in [5.74, 6) is 0. The lowest BCUT2D eigenvalue weighted by molar-refractivity contribution is 0.0494. The number of ether oxygens (including phenoxy) is 2. The van der Waals surface area contributed by atoms with E-state index in [1.54, 1.807) is 41.5 Å². The Morgan fingerprint density at radius 2 is 1.42 bits per heavy atom. The van der Waals surface area contributed by atoms with E-state index >= 15 is 0 Å². The second kappa shape index (κ2) is 9.96. The monoisotopic (exact) mass is 396 g/mol. The van der Waals surface area contributed by atoms with Crippen molar-refractivity contribution in [2.75, 3.05) is 19.4 Å². The molecule has 9 nitrogen and oxygen atoms in total. The van der Waals surface area contributed by atoms with Gasteiger partial charge in [0, 0.05) is 12.6 Å². The van der Waals surface area contributed by atoms with Crippen LogP contribution in [0.1, 0.15) is 54.4 Å². The minimum atomic E-state index is -3.57. The number of carbonyl (C=O) groups is 2. The highest BCUT2D eigenvalue weighted by Crippen LogP contribution is 2.09. The summed E-state index contributed by atoms with van der Waals surface area (Å²) in [7, 11) is -3.57. The average molecular weight is 397 g/mol. The van der Waals surface area contributed by atoms with E-state index in [0.717, 1.165) is 6.26 Å². The van der Waals surface area contributed by atoms with Crippen molar-refractivity contribution in [1.29, 1.82) is 0 Å². The SMILES string of the molecule is CC(C)(C)OC(=O)NCCC(CCOS(C)(=O)=O)NC(=O)OC(C)(C)C. The molecule has 26 heavy (non-hydrogen) atoms. The van der Waals surface area contributed by atoms with E-state index in [9.17, 15) is 18.0 Å². The molecule has 1 unspecified atom stereocenters. The second-order valence-corrected chi connectivity index (χ2v) is 9.52. The number of alkyl carbamates (subject to hydrolysis) is 2. The molecule has 0 rings (SSSR count). The summed E-state index contributed by atoms with van der Waals surface area (Å²) < 4.78 is 37.1. The smallest absolute Gasteiger partial charge is 0.407 e. The first kappa shape index (κ1) is 24.5. The number of amides is 2. The number of hydrogen-bond donors (Lipinski definition) is 2. The summed E-state index contributed by atoms with van der Waals surface area (Å²) in [6.07, 6.45) is 0.349. The largest absolute Gasteiger partial charge is 0.444 e. The molecule has 0 aliphatic rings. The van der Waals surface area contributed by atoms with Gasteiger partial charge in [-0.05, 0) is 54.4 Å². The Morgan fingerprint density at radius 1 is 0.923 bits per heavy atom. The Hall–Kier alpha value is -1.55. The molecule has 0 aliphatic carbocycles. The molecule has 0 saturated carbocycles. The Kier molecular flexibility index (Phi) is 9.36. The van der Waals surface area contributed by atoms with Gasteiger partial charge in [0.1, 0.15) is 11.2 Å². The molecule has 0 aromatic carbocycles. The zero-order valence-electron chi connectivity index (χ0n) is 16.7. The molecule has 0 spiro atoms. The lowest BCUT2D eigenvalue weighted by Gasteiger charge is -2.24. The molecule has 10 heteroatoms. The van der Waals surface area contributed by atoms with E-state index in [0.29, 0.717) is 6.42 Å². The van der Waals surface area contributed by atoms with Crippen molar-refractivity contribution in [3.05, 3.63) is 0 Å². The van der Waals surface area contributed by atoms with E-state index in [1.807, 2.05) is 0 Å². The van der Waals surface area contributed by atoms with Gasteiger partial charge in [0.25, 0.3) is 10.1 Å². The molecular weight excluding hydrogens is 364 g/mol. The minimum Gasteiger partial charge on any atom is -0.444 e. The van der Waals surface area contributed by atoms with Crippen molar-refractivity contribution < 1.29 is 31.7 Å². The first-order valence-electron chi connectivity index (χ1n) is 8.38. The molecule has 0 radical (unpaired) electrons. The van der Waals surface area contributed by atoms with Crippen LogP contribution in [0.15, 0.2) is 0 Å². The highest BCUT2D eigenvalue weighted by molar-refractivity contribution is 7.85. The lowest BCUT2D eigenvalue weighted by atomic mass is 10.1. The highest BCUT2D eigenvalue weighted by Gasteiger charge is 2.21. The number of hydrogen-bond acceptors (Lipinski definition) is 7. The number of nitrogens with one attached hydrogen (secondary N) is 2. The summed E-state index contributed by atoms with van der Waals surface area (Å²) >= 11 is 0. The Bertz CT molecular complexity index is 562. The van der Waals surface area contributed by atoms with Gasteiger partial charge in [-0.3, -0.25) is 4.18 Å². The van der Waals surface area contributed by atoms with Crippen LogP contribution in [0.25, 0.3) is 0 Å². The first-order chi connectivity index (χ1) is 11.6. The van der Waals surface area contributed by atoms with Crippen LogP contribution in [0.4, 0.5) is 9.59 Å². The van der Waals surface area contributed by atoms with E-state index in [4.69, 9.17) is 13.7 Å². The van der Waals surface area contributed by atoms with Gasteiger partial charge in [0.15, 0.2) is 0 Å². The third kappa shape index (κ3) is 15.9. The molecule has 0 aliphatic heterocycles. The van der Waals surface area contributed by atoms with E-state index < -0.39 is 39.5 Å². The average Bonchev–Trinajstić information content (AvgIpc) is 2.31. The summed E-state index contributed by atoms with van der Waals surface area (Å²) in [5.41, 5.74) is -1.27. The molecule has 0 aromatic heterocycles. The Labute approximate surface area is 156 Å². The van der Waals surface area contributed by atoms with Crippen LogP contribution in [0.5, 0.6) is 0 Å². The lowest BCUT2D eigenvalue weighted by Crippen LogP contribution is -2.42. The maximum Gasteiger partial charge on any atom is 0.407 e. The standard InChI is InChI=1S/C16H32N2O7S/c1-15(2,3)24-13(19)17-10-8-12(9-11-23-26(7,21)22)18-14(20)25-16(4,5)6/h12H,8-11H2,1-7H3,(H,17,19)(H,18,20). The number of carbonyl (C=O) groups excluding carboxylic acids is 2. The molecule has 2 amide bonds. The van der Waals surface area contributed by atoms with Gasteiger partial charge < -0.3 is 20.1 Å². The third-order valence-electron chi connectivity index (χ3n) is 2.65. The van der Waals surface area contributed by atoms with Gasteiger partial charge in [-0.15, -0.1) is 0 Å². The second-order valence-electron chi connectivity index (χ2n) is 7.88. The zero-order chi connectivity index (χ0) is 20.6. The molecule has 0 saturated heterocycles. The molecule has 1 atom stereocenters. The van der Waals surface area contributed by atoms with Crippen LogP contribution in [0, 0.1) is 0 Å². The van der Waals surface area contributed by atoms with Crippen molar-refractivity contribution in [1.82, 2.24) is 10.6 Å². The van der Waals surface area contributed by atoms with Crippen LogP contribution in [-0.2, 0) is 23.8 Å². The Balaban J connectivity index is 4.57. The highest BCUT2D eigenvalue weighted by atomic mass is 32.2. The van der Waals surface area contributed by atoms with Gasteiger partial charge in [-0.1, -0.05) is 0 Å². The maximum atomic E-state index is 11.9. The quantitative estimate of drug-likeness (QED) is 0.603. The number of rotatable bonds is 8. The molecule has 0 aromatic rings. The van der Waals surface area contributed by atoms with Gasteiger partial charge in [0.2, 0.25) is 0 Å². The van der Waals surface area contributed by atoms with Gasteiger partial charge in [-0.25, -0.2) is 9.59 Å². The van der Waals surface area contributed by atoms with Crippen LogP contribution in [0.2, 0.25) is 0 Å². The van der Waals surface area contributed by atoms with E-state index in [1.165, 1.54) is 0 Å². The van der Waals surface area contributed by atoms with Crippen molar-refractivity contribution >= 4 is 22.3 Å². The predicted octanol–water partition coefficient (Wildman–Crippen LogP) is 2.16. The van der Waals surface area contributed by atoms with E-state index in [2.05, 4.69) is 10.6 Å². The van der Waals surface area contributed by atoms with Crippen molar-refractivity contribution in [2.24, 2.45) is 0 Å². The third-order valence-corrected chi connectivity index (χ3v) is 3.24. The van der Waals surface area contributed by atoms with Gasteiger partial charge in [-0.2, -0.15) is 8.42 Å². The molecule has 2 N–H and O–H groups in total. The summed E-state index contributed by atoms with van der Waals surface area (Å²) in [6, 6.07) is -0.443. The van der Waals surface area contributed by atoms with Gasteiger partial charge >= 0.3 is 12.2 Å². The van der Waals surface area contributed by atoms with E-state index in [-0.39, 0.29) is 19.6 Å². The van der Waals surface area contributed by atoms with Crippen LogP contribution in [0.3, 0.4) is 0 Å². The fourth-order valence-corrected chi connectivity index (χ4v) is 2.17. The topological polar surface area (TPSA) is 120 Å². The van der Waals surface area contributed by atoms with Crippen molar-refractivity contribution in [2.45, 2.75) is 71.6 Å². The normalized spacial score (nSPS) is 13.7. The fraction of sp³-hybridized carbons (Fsp3) is 0.875. The molecule has 0 bridgehead atoms. The van der Waals surface area contributed by atoms with Gasteiger partial charge in [0.05, 0.1) is 12.9 Å². The Morgan fingerprint density at radius 3 is 1.88 bits per heavy atom. The molecule has 0 fully saturated rings.